The summed E-state index contributed by atoms with van der Waals surface area (Å²) in [6, 6.07) is 0.342. The fourth-order valence-corrected chi connectivity index (χ4v) is 2.12. The second-order valence-corrected chi connectivity index (χ2v) is 5.69. The maximum Gasteiger partial charge on any atom is 0.221 e. The van der Waals surface area contributed by atoms with Crippen molar-refractivity contribution in [3.63, 3.8) is 0 Å². The van der Waals surface area contributed by atoms with E-state index in [-0.39, 0.29) is 24.4 Å². The molecule has 3 N–H and O–H groups in total. The SMILES string of the molecule is CC(N)CC(=O)NC1CCC(C)(C)CC1.Cl. The molecule has 0 aromatic carbocycles. The fourth-order valence-electron chi connectivity index (χ4n) is 2.12. The summed E-state index contributed by atoms with van der Waals surface area (Å²) < 4.78 is 0. The highest BCUT2D eigenvalue weighted by molar-refractivity contribution is 5.85. The van der Waals surface area contributed by atoms with Gasteiger partial charge in [0.05, 0.1) is 0 Å². The van der Waals surface area contributed by atoms with E-state index >= 15 is 0 Å². The van der Waals surface area contributed by atoms with Crippen molar-refractivity contribution >= 4 is 18.3 Å². The Morgan fingerprint density at radius 2 is 1.94 bits per heavy atom. The maximum atomic E-state index is 11.5. The van der Waals surface area contributed by atoms with Crippen LogP contribution in [0.2, 0.25) is 0 Å². The molecule has 0 spiro atoms. The number of nitrogens with two attached hydrogens (primary N) is 1. The third-order valence-corrected chi connectivity index (χ3v) is 3.21. The predicted molar refractivity (Wildman–Crippen MR) is 69.7 cm³/mol. The molecule has 1 amide bonds. The minimum Gasteiger partial charge on any atom is -0.353 e. The molecule has 4 heteroatoms. The monoisotopic (exact) mass is 248 g/mol. The van der Waals surface area contributed by atoms with E-state index in [1.165, 1.54) is 12.8 Å². The van der Waals surface area contributed by atoms with Gasteiger partial charge in [-0.1, -0.05) is 13.8 Å². The van der Waals surface area contributed by atoms with Crippen molar-refractivity contribution in [1.82, 2.24) is 5.32 Å². The van der Waals surface area contributed by atoms with E-state index in [1.807, 2.05) is 6.92 Å². The van der Waals surface area contributed by atoms with Gasteiger partial charge in [0.15, 0.2) is 0 Å². The van der Waals surface area contributed by atoms with Crippen LogP contribution in [-0.4, -0.2) is 18.0 Å². The van der Waals surface area contributed by atoms with Crippen LogP contribution in [0.5, 0.6) is 0 Å². The summed E-state index contributed by atoms with van der Waals surface area (Å²) in [5.74, 6) is 0.106. The fraction of sp³-hybridized carbons (Fsp3) is 0.917. The van der Waals surface area contributed by atoms with Gasteiger partial charge >= 0.3 is 0 Å². The van der Waals surface area contributed by atoms with E-state index in [0.29, 0.717) is 17.9 Å². The van der Waals surface area contributed by atoms with E-state index in [1.54, 1.807) is 0 Å². The van der Waals surface area contributed by atoms with E-state index in [9.17, 15) is 4.79 Å². The van der Waals surface area contributed by atoms with Crippen molar-refractivity contribution in [3.8, 4) is 0 Å². The molecule has 0 saturated heterocycles. The molecule has 1 fully saturated rings. The summed E-state index contributed by atoms with van der Waals surface area (Å²) in [4.78, 5) is 11.5. The van der Waals surface area contributed by atoms with Gasteiger partial charge in [0.1, 0.15) is 0 Å². The summed E-state index contributed by atoms with van der Waals surface area (Å²) in [6.07, 6.45) is 5.07. The highest BCUT2D eigenvalue weighted by Gasteiger charge is 2.27. The normalized spacial score (nSPS) is 22.0. The third kappa shape index (κ3) is 5.71. The molecule has 16 heavy (non-hydrogen) atoms. The molecule has 0 aromatic rings. The molecule has 1 aliphatic rings. The van der Waals surface area contributed by atoms with Gasteiger partial charge in [-0.25, -0.2) is 0 Å². The van der Waals surface area contributed by atoms with Gasteiger partial charge in [-0.05, 0) is 38.0 Å². The highest BCUT2D eigenvalue weighted by atomic mass is 35.5. The Labute approximate surface area is 105 Å². The van der Waals surface area contributed by atoms with Crippen LogP contribution in [0.15, 0.2) is 0 Å². The molecule has 1 unspecified atom stereocenters. The zero-order valence-electron chi connectivity index (χ0n) is 10.6. The molecule has 1 atom stereocenters. The topological polar surface area (TPSA) is 55.1 Å². The Morgan fingerprint density at radius 1 is 1.44 bits per heavy atom. The summed E-state index contributed by atoms with van der Waals surface area (Å²) in [7, 11) is 0. The number of rotatable bonds is 3. The highest BCUT2D eigenvalue weighted by Crippen LogP contribution is 2.34. The molecule has 1 rings (SSSR count). The van der Waals surface area contributed by atoms with Gasteiger partial charge in [-0.3, -0.25) is 4.79 Å². The van der Waals surface area contributed by atoms with Crippen LogP contribution in [0.4, 0.5) is 0 Å². The number of halogens is 1. The van der Waals surface area contributed by atoms with Gasteiger partial charge < -0.3 is 11.1 Å². The molecule has 0 bridgehead atoms. The van der Waals surface area contributed by atoms with Crippen molar-refractivity contribution in [2.45, 2.75) is 65.0 Å². The van der Waals surface area contributed by atoms with Crippen LogP contribution in [0.1, 0.15) is 52.9 Å². The van der Waals surface area contributed by atoms with Crippen LogP contribution >= 0.6 is 12.4 Å². The third-order valence-electron chi connectivity index (χ3n) is 3.21. The Kier molecular flexibility index (Phi) is 6.34. The Morgan fingerprint density at radius 3 is 2.38 bits per heavy atom. The summed E-state index contributed by atoms with van der Waals surface area (Å²) in [6.45, 7) is 6.46. The molecule has 0 heterocycles. The molecule has 1 aliphatic carbocycles. The first-order chi connectivity index (χ1) is 6.89. The molecule has 3 nitrogen and oxygen atoms in total. The molecule has 0 radical (unpaired) electrons. The first-order valence-electron chi connectivity index (χ1n) is 5.94. The largest absolute Gasteiger partial charge is 0.353 e. The van der Waals surface area contributed by atoms with Crippen molar-refractivity contribution in [1.29, 1.82) is 0 Å². The van der Waals surface area contributed by atoms with E-state index in [4.69, 9.17) is 5.73 Å². The van der Waals surface area contributed by atoms with Gasteiger partial charge in [0, 0.05) is 18.5 Å². The predicted octanol–water partition coefficient (Wildman–Crippen LogP) is 2.23. The van der Waals surface area contributed by atoms with Crippen LogP contribution < -0.4 is 11.1 Å². The molecular formula is C12H25ClN2O. The van der Waals surface area contributed by atoms with Crippen LogP contribution in [-0.2, 0) is 4.79 Å². The van der Waals surface area contributed by atoms with Gasteiger partial charge in [0.2, 0.25) is 5.91 Å². The molecular weight excluding hydrogens is 224 g/mol. The Hall–Kier alpha value is -0.280. The number of nitrogens with one attached hydrogen (secondary N) is 1. The minimum absolute atomic E-state index is 0. The molecule has 1 saturated carbocycles. The summed E-state index contributed by atoms with van der Waals surface area (Å²) in [5, 5.41) is 3.07. The average molecular weight is 249 g/mol. The maximum absolute atomic E-state index is 11.5. The number of carbonyl (C=O) groups is 1. The number of amides is 1. The zero-order chi connectivity index (χ0) is 11.5. The first-order valence-corrected chi connectivity index (χ1v) is 5.94. The second-order valence-electron chi connectivity index (χ2n) is 5.69. The standard InChI is InChI=1S/C12H24N2O.ClH/c1-9(13)8-11(15)14-10-4-6-12(2,3)7-5-10;/h9-10H,4-8,13H2,1-3H3,(H,14,15);1H. The Balaban J connectivity index is 0.00000225. The second kappa shape index (κ2) is 6.45. The van der Waals surface area contributed by atoms with Crippen LogP contribution in [0.3, 0.4) is 0 Å². The molecule has 96 valence electrons. The van der Waals surface area contributed by atoms with Gasteiger partial charge in [-0.15, -0.1) is 12.4 Å². The molecule has 0 aliphatic heterocycles. The van der Waals surface area contributed by atoms with Crippen molar-refractivity contribution in [2.75, 3.05) is 0 Å². The minimum atomic E-state index is -0.0370. The Bertz CT molecular complexity index is 219. The van der Waals surface area contributed by atoms with Crippen LogP contribution in [0.25, 0.3) is 0 Å². The smallest absolute Gasteiger partial charge is 0.221 e. The lowest BCUT2D eigenvalue weighted by atomic mass is 9.75. The van der Waals surface area contributed by atoms with E-state index < -0.39 is 0 Å². The molecule has 0 aromatic heterocycles. The average Bonchev–Trinajstić information content (AvgIpc) is 2.07. The van der Waals surface area contributed by atoms with Gasteiger partial charge in [-0.2, -0.15) is 0 Å². The number of hydrogen-bond donors (Lipinski definition) is 2. The zero-order valence-corrected chi connectivity index (χ0v) is 11.4. The summed E-state index contributed by atoms with van der Waals surface area (Å²) >= 11 is 0. The lowest BCUT2D eigenvalue weighted by Gasteiger charge is -2.34. The van der Waals surface area contributed by atoms with E-state index in [2.05, 4.69) is 19.2 Å². The van der Waals surface area contributed by atoms with Gasteiger partial charge in [0.25, 0.3) is 0 Å². The number of carbonyl (C=O) groups excluding carboxylic acids is 1. The summed E-state index contributed by atoms with van der Waals surface area (Å²) in [5.41, 5.74) is 6.04. The lowest BCUT2D eigenvalue weighted by Crippen LogP contribution is -2.40. The lowest BCUT2D eigenvalue weighted by molar-refractivity contribution is -0.122. The van der Waals surface area contributed by atoms with Crippen molar-refractivity contribution in [2.24, 2.45) is 11.1 Å². The van der Waals surface area contributed by atoms with Crippen molar-refractivity contribution in [3.05, 3.63) is 0 Å². The van der Waals surface area contributed by atoms with Crippen LogP contribution in [0, 0.1) is 5.41 Å². The first kappa shape index (κ1) is 15.7. The van der Waals surface area contributed by atoms with Crippen molar-refractivity contribution < 1.29 is 4.79 Å². The quantitative estimate of drug-likeness (QED) is 0.805. The van der Waals surface area contributed by atoms with E-state index in [0.717, 1.165) is 12.8 Å². The number of hydrogen-bond acceptors (Lipinski definition) is 2.